The molecule has 0 atom stereocenters. The second-order valence-corrected chi connectivity index (χ2v) is 5.94. The lowest BCUT2D eigenvalue weighted by Gasteiger charge is -2.10. The van der Waals surface area contributed by atoms with Crippen LogP contribution in [0.2, 0.25) is 5.02 Å². The first kappa shape index (κ1) is 17.3. The fourth-order valence-electron chi connectivity index (χ4n) is 1.76. The number of benzene rings is 2. The molecule has 2 aromatic carbocycles. The molecule has 0 fully saturated rings. The quantitative estimate of drug-likeness (QED) is 0.605. The molecule has 0 aromatic heterocycles. The van der Waals surface area contributed by atoms with Crippen molar-refractivity contribution in [3.05, 3.63) is 57.0 Å². The number of aromatic carboxylic acids is 1. The highest BCUT2D eigenvalue weighted by Gasteiger charge is 2.15. The number of ether oxygens (including phenoxy) is 2. The summed E-state index contributed by atoms with van der Waals surface area (Å²) in [7, 11) is 0. The van der Waals surface area contributed by atoms with Crippen molar-refractivity contribution in [1.82, 2.24) is 0 Å². The molecule has 7 heteroatoms. The number of hydrogen-bond acceptors (Lipinski definition) is 4. The zero-order chi connectivity index (χ0) is 17.0. The fraction of sp³-hybridized carbons (Fsp3) is 0.125. The lowest BCUT2D eigenvalue weighted by molar-refractivity contribution is -0.136. The first-order valence-electron chi connectivity index (χ1n) is 6.49. The van der Waals surface area contributed by atoms with Crippen LogP contribution in [0.1, 0.15) is 15.9 Å². The van der Waals surface area contributed by atoms with Crippen LogP contribution in [0.3, 0.4) is 0 Å². The van der Waals surface area contributed by atoms with Crippen LogP contribution in [0.15, 0.2) is 40.9 Å². The van der Waals surface area contributed by atoms with E-state index in [1.807, 2.05) is 6.92 Å². The van der Waals surface area contributed by atoms with Gasteiger partial charge in [0.25, 0.3) is 0 Å². The van der Waals surface area contributed by atoms with E-state index in [-0.39, 0.29) is 17.9 Å². The number of hydrogen-bond donors (Lipinski definition) is 1. The van der Waals surface area contributed by atoms with Gasteiger partial charge in [0.15, 0.2) is 6.61 Å². The van der Waals surface area contributed by atoms with Crippen LogP contribution in [0.25, 0.3) is 0 Å². The average molecular weight is 400 g/mol. The highest BCUT2D eigenvalue weighted by atomic mass is 79.9. The summed E-state index contributed by atoms with van der Waals surface area (Å²) in [5, 5.41) is 9.71. The standard InChI is InChI=1S/C16H12BrClO5/c1-9-6-11(3-4-13(9)18)22-8-15(19)23-14-5-2-10(17)7-12(14)16(20)21/h2-7H,8H2,1H3,(H,20,21). The van der Waals surface area contributed by atoms with E-state index in [1.165, 1.54) is 12.1 Å². The molecule has 1 N–H and O–H groups in total. The largest absolute Gasteiger partial charge is 0.482 e. The van der Waals surface area contributed by atoms with Crippen LogP contribution in [0.5, 0.6) is 11.5 Å². The van der Waals surface area contributed by atoms with Gasteiger partial charge in [0.05, 0.1) is 0 Å². The normalized spacial score (nSPS) is 10.2. The summed E-state index contributed by atoms with van der Waals surface area (Å²) in [6, 6.07) is 9.32. The second-order valence-electron chi connectivity index (χ2n) is 4.62. The summed E-state index contributed by atoms with van der Waals surface area (Å²) in [6.07, 6.45) is 0. The molecule has 0 saturated carbocycles. The number of aryl methyl sites for hydroxylation is 1. The Labute approximate surface area is 145 Å². The summed E-state index contributed by atoms with van der Waals surface area (Å²) < 4.78 is 10.9. The predicted octanol–water partition coefficient (Wildman–Crippen LogP) is 4.09. The van der Waals surface area contributed by atoms with Gasteiger partial charge >= 0.3 is 11.9 Å². The molecule has 0 saturated heterocycles. The summed E-state index contributed by atoms with van der Waals surface area (Å²) in [4.78, 5) is 23.0. The molecule has 0 radical (unpaired) electrons. The third kappa shape index (κ3) is 4.71. The Balaban J connectivity index is 2.02. The summed E-state index contributed by atoms with van der Waals surface area (Å²) in [6.45, 7) is 1.46. The summed E-state index contributed by atoms with van der Waals surface area (Å²) >= 11 is 9.07. The topological polar surface area (TPSA) is 72.8 Å². The minimum absolute atomic E-state index is 0.0402. The Bertz CT molecular complexity index is 760. The molecule has 0 aliphatic rings. The Morgan fingerprint density at radius 2 is 1.96 bits per heavy atom. The molecule has 2 rings (SSSR count). The van der Waals surface area contributed by atoms with Crippen LogP contribution in [0, 0.1) is 6.92 Å². The van der Waals surface area contributed by atoms with Gasteiger partial charge in [-0.2, -0.15) is 0 Å². The number of esters is 1. The molecule has 0 unspecified atom stereocenters. The van der Waals surface area contributed by atoms with Crippen molar-refractivity contribution < 1.29 is 24.2 Å². The van der Waals surface area contributed by atoms with E-state index < -0.39 is 11.9 Å². The molecule has 0 heterocycles. The number of carbonyl (C=O) groups is 2. The van der Waals surface area contributed by atoms with Crippen LogP contribution in [-0.4, -0.2) is 23.7 Å². The highest BCUT2D eigenvalue weighted by molar-refractivity contribution is 9.10. The van der Waals surface area contributed by atoms with Crippen molar-refractivity contribution in [3.63, 3.8) is 0 Å². The number of carbonyl (C=O) groups excluding carboxylic acids is 1. The van der Waals surface area contributed by atoms with Gasteiger partial charge in [0.1, 0.15) is 17.1 Å². The van der Waals surface area contributed by atoms with Crippen molar-refractivity contribution in [2.75, 3.05) is 6.61 Å². The van der Waals surface area contributed by atoms with Crippen molar-refractivity contribution in [1.29, 1.82) is 0 Å². The lowest BCUT2D eigenvalue weighted by Crippen LogP contribution is -2.19. The molecule has 0 aliphatic carbocycles. The summed E-state index contributed by atoms with van der Waals surface area (Å²) in [5.41, 5.74) is 0.702. The Hall–Kier alpha value is -2.05. The highest BCUT2D eigenvalue weighted by Crippen LogP contribution is 2.24. The maximum atomic E-state index is 11.8. The molecule has 0 spiro atoms. The van der Waals surface area contributed by atoms with E-state index in [2.05, 4.69) is 15.9 Å². The second kappa shape index (κ2) is 7.48. The Morgan fingerprint density at radius 1 is 1.22 bits per heavy atom. The maximum absolute atomic E-state index is 11.8. The van der Waals surface area contributed by atoms with Gasteiger partial charge in [-0.25, -0.2) is 9.59 Å². The molecule has 2 aromatic rings. The first-order valence-corrected chi connectivity index (χ1v) is 7.66. The zero-order valence-corrected chi connectivity index (χ0v) is 14.3. The molecule has 23 heavy (non-hydrogen) atoms. The third-order valence-electron chi connectivity index (χ3n) is 2.88. The third-order valence-corrected chi connectivity index (χ3v) is 3.80. The van der Waals surface area contributed by atoms with Gasteiger partial charge in [-0.3, -0.25) is 0 Å². The molecule has 5 nitrogen and oxygen atoms in total. The van der Waals surface area contributed by atoms with Crippen molar-refractivity contribution in [3.8, 4) is 11.5 Å². The molecule has 0 aliphatic heterocycles. The molecule has 0 amide bonds. The monoisotopic (exact) mass is 398 g/mol. The Kier molecular flexibility index (Phi) is 5.63. The first-order chi connectivity index (χ1) is 10.9. The maximum Gasteiger partial charge on any atom is 0.349 e. The van der Waals surface area contributed by atoms with Crippen LogP contribution in [-0.2, 0) is 4.79 Å². The summed E-state index contributed by atoms with van der Waals surface area (Å²) in [5.74, 6) is -1.47. The van der Waals surface area contributed by atoms with E-state index in [0.29, 0.717) is 15.2 Å². The minimum atomic E-state index is -1.19. The van der Waals surface area contributed by atoms with Gasteiger partial charge in [-0.15, -0.1) is 0 Å². The number of rotatable bonds is 5. The van der Waals surface area contributed by atoms with Gasteiger partial charge in [0, 0.05) is 9.50 Å². The average Bonchev–Trinajstić information content (AvgIpc) is 2.50. The lowest BCUT2D eigenvalue weighted by atomic mass is 10.2. The van der Waals surface area contributed by atoms with Gasteiger partial charge < -0.3 is 14.6 Å². The SMILES string of the molecule is Cc1cc(OCC(=O)Oc2ccc(Br)cc2C(=O)O)ccc1Cl. The van der Waals surface area contributed by atoms with Crippen molar-refractivity contribution in [2.24, 2.45) is 0 Å². The van der Waals surface area contributed by atoms with Crippen LogP contribution >= 0.6 is 27.5 Å². The molecular formula is C16H12BrClO5. The molecule has 0 bridgehead atoms. The van der Waals surface area contributed by atoms with Crippen molar-refractivity contribution in [2.45, 2.75) is 6.92 Å². The van der Waals surface area contributed by atoms with E-state index >= 15 is 0 Å². The number of halogens is 2. The van der Waals surface area contributed by atoms with E-state index in [4.69, 9.17) is 26.2 Å². The molecule has 120 valence electrons. The Morgan fingerprint density at radius 3 is 2.61 bits per heavy atom. The van der Waals surface area contributed by atoms with E-state index in [1.54, 1.807) is 24.3 Å². The fourth-order valence-corrected chi connectivity index (χ4v) is 2.24. The molecular weight excluding hydrogens is 388 g/mol. The number of carboxylic acids is 1. The van der Waals surface area contributed by atoms with E-state index in [0.717, 1.165) is 5.56 Å². The minimum Gasteiger partial charge on any atom is -0.482 e. The predicted molar refractivity (Wildman–Crippen MR) is 88.4 cm³/mol. The smallest absolute Gasteiger partial charge is 0.349 e. The van der Waals surface area contributed by atoms with Crippen LogP contribution < -0.4 is 9.47 Å². The van der Waals surface area contributed by atoms with Gasteiger partial charge in [-0.1, -0.05) is 27.5 Å². The van der Waals surface area contributed by atoms with Crippen LogP contribution in [0.4, 0.5) is 0 Å². The zero-order valence-electron chi connectivity index (χ0n) is 12.0. The van der Waals surface area contributed by atoms with Crippen molar-refractivity contribution >= 4 is 39.5 Å². The van der Waals surface area contributed by atoms with Gasteiger partial charge in [0.2, 0.25) is 0 Å². The van der Waals surface area contributed by atoms with E-state index in [9.17, 15) is 9.59 Å². The number of carboxylic acid groups (broad SMARTS) is 1. The van der Waals surface area contributed by atoms with Gasteiger partial charge in [-0.05, 0) is 48.9 Å².